The highest BCUT2D eigenvalue weighted by atomic mass is 19.4. The third kappa shape index (κ3) is 4.11. The van der Waals surface area contributed by atoms with Crippen LogP contribution in [0.4, 0.5) is 32.0 Å². The number of aliphatic hydroxyl groups excluding tert-OH is 1. The van der Waals surface area contributed by atoms with Gasteiger partial charge in [-0.2, -0.15) is 26.3 Å². The molecule has 5 atom stereocenters. The van der Waals surface area contributed by atoms with Gasteiger partial charge in [-0.25, -0.2) is 4.98 Å². The Morgan fingerprint density at radius 1 is 1.10 bits per heavy atom. The van der Waals surface area contributed by atoms with Crippen molar-refractivity contribution in [3.8, 4) is 0 Å². The predicted octanol–water partition coefficient (Wildman–Crippen LogP) is 3.99. The van der Waals surface area contributed by atoms with Crippen molar-refractivity contribution in [1.82, 2.24) is 4.98 Å². The van der Waals surface area contributed by atoms with Gasteiger partial charge in [-0.1, -0.05) is 18.2 Å². The lowest BCUT2D eigenvalue weighted by Crippen LogP contribution is -2.41. The van der Waals surface area contributed by atoms with Crippen LogP contribution in [0.15, 0.2) is 42.6 Å². The van der Waals surface area contributed by atoms with Gasteiger partial charge in [0.2, 0.25) is 5.91 Å². The number of pyridine rings is 1. The molecule has 166 valence electrons. The largest absolute Gasteiger partial charge is 0.433 e. The average Bonchev–Trinajstić information content (AvgIpc) is 3.24. The standard InChI is InChI=1S/C20H16F6N2O3/c21-19(22,23)10-3-1-2-9(6-10)15-16(13-7-12(29)17(15)31-13)18(30)28-11-4-5-14(27-8-11)20(24,25)26/h1-6,8,12-13,15-17,29H,7H2,(H,28,30). The molecule has 1 amide bonds. The number of hydrogen-bond acceptors (Lipinski definition) is 4. The number of carbonyl (C=O) groups is 1. The maximum atomic E-state index is 13.1. The smallest absolute Gasteiger partial charge is 0.390 e. The fourth-order valence-electron chi connectivity index (χ4n) is 4.22. The molecule has 2 aliphatic rings. The van der Waals surface area contributed by atoms with E-state index in [0.717, 1.165) is 24.4 Å². The number of alkyl halides is 6. The number of nitrogens with zero attached hydrogens (tertiary/aromatic N) is 1. The summed E-state index contributed by atoms with van der Waals surface area (Å²) in [6.45, 7) is 0. The van der Waals surface area contributed by atoms with E-state index in [-0.39, 0.29) is 17.7 Å². The minimum Gasteiger partial charge on any atom is -0.390 e. The van der Waals surface area contributed by atoms with E-state index in [2.05, 4.69) is 10.3 Å². The van der Waals surface area contributed by atoms with Gasteiger partial charge in [0.1, 0.15) is 5.69 Å². The van der Waals surface area contributed by atoms with Crippen LogP contribution in [0.5, 0.6) is 0 Å². The first-order valence-electron chi connectivity index (χ1n) is 9.30. The zero-order valence-corrected chi connectivity index (χ0v) is 15.6. The summed E-state index contributed by atoms with van der Waals surface area (Å²) in [4.78, 5) is 16.2. The summed E-state index contributed by atoms with van der Waals surface area (Å²) in [6.07, 6.45) is -10.8. The van der Waals surface area contributed by atoms with E-state index < -0.39 is 59.7 Å². The lowest BCUT2D eigenvalue weighted by molar-refractivity contribution is -0.141. The third-order valence-electron chi connectivity index (χ3n) is 5.55. The van der Waals surface area contributed by atoms with Crippen LogP contribution < -0.4 is 5.32 Å². The van der Waals surface area contributed by atoms with Gasteiger partial charge in [0.05, 0.1) is 41.7 Å². The van der Waals surface area contributed by atoms with E-state index in [4.69, 9.17) is 4.74 Å². The summed E-state index contributed by atoms with van der Waals surface area (Å²) in [5.41, 5.74) is -1.83. The number of aromatic nitrogens is 1. The molecule has 1 aromatic carbocycles. The zero-order valence-electron chi connectivity index (χ0n) is 15.6. The molecule has 2 aliphatic heterocycles. The Morgan fingerprint density at radius 2 is 1.84 bits per heavy atom. The topological polar surface area (TPSA) is 71.5 Å². The Hall–Kier alpha value is -2.66. The number of ether oxygens (including phenoxy) is 1. The molecular weight excluding hydrogens is 430 g/mol. The maximum Gasteiger partial charge on any atom is 0.433 e. The van der Waals surface area contributed by atoms with Gasteiger partial charge >= 0.3 is 12.4 Å². The van der Waals surface area contributed by atoms with Crippen LogP contribution >= 0.6 is 0 Å². The lowest BCUT2D eigenvalue weighted by atomic mass is 9.73. The van der Waals surface area contributed by atoms with Gasteiger partial charge in [-0.05, 0) is 23.8 Å². The van der Waals surface area contributed by atoms with Crippen molar-refractivity contribution in [2.75, 3.05) is 5.32 Å². The number of anilines is 1. The number of aliphatic hydroxyl groups is 1. The van der Waals surface area contributed by atoms with Gasteiger partial charge < -0.3 is 15.2 Å². The molecule has 0 radical (unpaired) electrons. The number of benzene rings is 1. The zero-order chi connectivity index (χ0) is 22.6. The molecule has 1 aromatic heterocycles. The molecule has 11 heteroatoms. The molecule has 2 fully saturated rings. The number of carbonyl (C=O) groups excluding carboxylic acids is 1. The summed E-state index contributed by atoms with van der Waals surface area (Å²) in [5.74, 6) is -2.42. The van der Waals surface area contributed by atoms with Crippen molar-refractivity contribution in [2.45, 2.75) is 43.0 Å². The quantitative estimate of drug-likeness (QED) is 0.700. The first kappa shape index (κ1) is 21.6. The number of amides is 1. The normalized spacial score (nSPS) is 28.0. The van der Waals surface area contributed by atoms with Crippen molar-refractivity contribution < 1.29 is 41.0 Å². The van der Waals surface area contributed by atoms with Crippen LogP contribution in [-0.4, -0.2) is 34.3 Å². The molecule has 0 spiro atoms. The van der Waals surface area contributed by atoms with Crippen molar-refractivity contribution in [3.63, 3.8) is 0 Å². The molecular formula is C20H16F6N2O3. The van der Waals surface area contributed by atoms with Gasteiger partial charge in [0.15, 0.2) is 0 Å². The molecule has 31 heavy (non-hydrogen) atoms. The SMILES string of the molecule is O=C(Nc1ccc(C(F)(F)F)nc1)C1C2CC(O)C(O2)C1c1cccc(C(F)(F)F)c1. The Morgan fingerprint density at radius 3 is 2.45 bits per heavy atom. The average molecular weight is 446 g/mol. The molecule has 2 saturated heterocycles. The van der Waals surface area contributed by atoms with Gasteiger partial charge in [-0.3, -0.25) is 4.79 Å². The third-order valence-corrected chi connectivity index (χ3v) is 5.55. The van der Waals surface area contributed by atoms with Crippen LogP contribution in [0.25, 0.3) is 0 Å². The summed E-state index contributed by atoms with van der Waals surface area (Å²) in [5, 5.41) is 12.6. The Balaban J connectivity index is 1.60. The van der Waals surface area contributed by atoms with Crippen LogP contribution in [0.3, 0.4) is 0 Å². The molecule has 5 nitrogen and oxygen atoms in total. The second-order valence-electron chi connectivity index (χ2n) is 7.54. The molecule has 2 N–H and O–H groups in total. The van der Waals surface area contributed by atoms with Crippen molar-refractivity contribution in [1.29, 1.82) is 0 Å². The van der Waals surface area contributed by atoms with Crippen LogP contribution in [-0.2, 0) is 21.9 Å². The molecule has 5 unspecified atom stereocenters. The minimum absolute atomic E-state index is 0.00381. The Bertz CT molecular complexity index is 976. The summed E-state index contributed by atoms with van der Waals surface area (Å²) in [6, 6.07) is 6.21. The van der Waals surface area contributed by atoms with E-state index in [0.29, 0.717) is 6.07 Å². The summed E-state index contributed by atoms with van der Waals surface area (Å²) < 4.78 is 83.0. The molecule has 2 bridgehead atoms. The second-order valence-corrected chi connectivity index (χ2v) is 7.54. The van der Waals surface area contributed by atoms with Crippen molar-refractivity contribution >= 4 is 11.6 Å². The highest BCUT2D eigenvalue weighted by molar-refractivity contribution is 5.94. The number of nitrogens with one attached hydrogen (secondary N) is 1. The highest BCUT2D eigenvalue weighted by Crippen LogP contribution is 2.50. The molecule has 2 aromatic rings. The number of hydrogen-bond donors (Lipinski definition) is 2. The van der Waals surface area contributed by atoms with Gasteiger partial charge in [0, 0.05) is 12.3 Å². The van der Waals surface area contributed by atoms with E-state index in [9.17, 15) is 36.2 Å². The van der Waals surface area contributed by atoms with Gasteiger partial charge in [0.25, 0.3) is 0 Å². The van der Waals surface area contributed by atoms with Crippen molar-refractivity contribution in [2.24, 2.45) is 5.92 Å². The number of fused-ring (bicyclic) bond motifs is 2. The lowest BCUT2D eigenvalue weighted by Gasteiger charge is -2.30. The van der Waals surface area contributed by atoms with Gasteiger partial charge in [-0.15, -0.1) is 0 Å². The summed E-state index contributed by atoms with van der Waals surface area (Å²) >= 11 is 0. The molecule has 3 heterocycles. The monoisotopic (exact) mass is 446 g/mol. The number of rotatable bonds is 3. The first-order chi connectivity index (χ1) is 14.4. The minimum atomic E-state index is -4.63. The van der Waals surface area contributed by atoms with Crippen molar-refractivity contribution in [3.05, 3.63) is 59.4 Å². The molecule has 4 rings (SSSR count). The summed E-state index contributed by atoms with van der Waals surface area (Å²) in [7, 11) is 0. The number of halogens is 6. The van der Waals surface area contributed by atoms with E-state index in [1.54, 1.807) is 0 Å². The first-order valence-corrected chi connectivity index (χ1v) is 9.30. The van der Waals surface area contributed by atoms with E-state index in [1.165, 1.54) is 12.1 Å². The van der Waals surface area contributed by atoms with Crippen LogP contribution in [0.2, 0.25) is 0 Å². The second kappa shape index (κ2) is 7.49. The maximum absolute atomic E-state index is 13.1. The van der Waals surface area contributed by atoms with Crippen LogP contribution in [0, 0.1) is 5.92 Å². The highest BCUT2D eigenvalue weighted by Gasteiger charge is 2.57. The van der Waals surface area contributed by atoms with Crippen LogP contribution in [0.1, 0.15) is 29.2 Å². The van der Waals surface area contributed by atoms with E-state index >= 15 is 0 Å². The Labute approximate surface area is 172 Å². The predicted molar refractivity (Wildman–Crippen MR) is 94.8 cm³/mol. The molecule has 0 aliphatic carbocycles. The fourth-order valence-corrected chi connectivity index (χ4v) is 4.22. The Kier molecular flexibility index (Phi) is 5.21. The fraction of sp³-hybridized carbons (Fsp3) is 0.400. The van der Waals surface area contributed by atoms with E-state index in [1.807, 2.05) is 0 Å². The molecule has 0 saturated carbocycles.